The molecule has 1 amide bonds. The lowest BCUT2D eigenvalue weighted by molar-refractivity contribution is -0.148. The summed E-state index contributed by atoms with van der Waals surface area (Å²) in [5.41, 5.74) is 6.98. The van der Waals surface area contributed by atoms with Crippen LogP contribution in [0.4, 0.5) is 0 Å². The number of amides is 1. The van der Waals surface area contributed by atoms with Crippen LogP contribution in [0.2, 0.25) is 0 Å². The monoisotopic (exact) mass is 446 g/mol. The number of fused-ring (bicyclic) bond motifs is 1. The Morgan fingerprint density at radius 3 is 2.55 bits per heavy atom. The second kappa shape index (κ2) is 10.0. The molecule has 0 spiro atoms. The number of carbonyl (C=O) groups is 2. The fourth-order valence-corrected chi connectivity index (χ4v) is 4.57. The molecule has 6 nitrogen and oxygen atoms in total. The van der Waals surface area contributed by atoms with Crippen LogP contribution in [0.5, 0.6) is 5.75 Å². The molecule has 3 aromatic rings. The van der Waals surface area contributed by atoms with Gasteiger partial charge in [0.1, 0.15) is 12.4 Å². The number of hydrogen-bond donors (Lipinski definition) is 2. The first-order valence-electron chi connectivity index (χ1n) is 11.4. The number of nitrogens with two attached hydrogens (primary N) is 1. The van der Waals surface area contributed by atoms with Gasteiger partial charge in [0.25, 0.3) is 0 Å². The van der Waals surface area contributed by atoms with Crippen LogP contribution in [0.25, 0.3) is 10.8 Å². The molecule has 6 heteroatoms. The third kappa shape index (κ3) is 5.34. The molecule has 0 aliphatic carbocycles. The zero-order valence-electron chi connectivity index (χ0n) is 18.7. The van der Waals surface area contributed by atoms with E-state index in [4.69, 9.17) is 10.5 Å². The normalized spacial score (nSPS) is 18.1. The van der Waals surface area contributed by atoms with Crippen LogP contribution in [-0.2, 0) is 22.6 Å². The van der Waals surface area contributed by atoms with Gasteiger partial charge in [-0.3, -0.25) is 9.59 Å². The lowest BCUT2D eigenvalue weighted by atomic mass is 9.83. The summed E-state index contributed by atoms with van der Waals surface area (Å²) in [6, 6.07) is 21.9. The van der Waals surface area contributed by atoms with Crippen molar-refractivity contribution < 1.29 is 19.4 Å². The van der Waals surface area contributed by atoms with E-state index in [1.807, 2.05) is 54.6 Å². The van der Waals surface area contributed by atoms with Crippen LogP contribution in [0, 0.1) is 5.41 Å². The van der Waals surface area contributed by atoms with Crippen LogP contribution in [-0.4, -0.2) is 41.6 Å². The second-order valence-electron chi connectivity index (χ2n) is 8.82. The average molecular weight is 447 g/mol. The molecule has 0 saturated carbocycles. The van der Waals surface area contributed by atoms with Gasteiger partial charge in [0, 0.05) is 19.6 Å². The Labute approximate surface area is 194 Å². The highest BCUT2D eigenvalue weighted by atomic mass is 16.5. The highest BCUT2D eigenvalue weighted by Gasteiger charge is 2.48. The summed E-state index contributed by atoms with van der Waals surface area (Å²) in [5.74, 6) is -0.472. The van der Waals surface area contributed by atoms with E-state index < -0.39 is 11.4 Å². The first-order valence-corrected chi connectivity index (χ1v) is 11.4. The van der Waals surface area contributed by atoms with E-state index in [1.165, 1.54) is 5.56 Å². The molecule has 1 aliphatic rings. The van der Waals surface area contributed by atoms with Crippen molar-refractivity contribution in [1.29, 1.82) is 0 Å². The van der Waals surface area contributed by atoms with E-state index in [2.05, 4.69) is 12.1 Å². The van der Waals surface area contributed by atoms with Gasteiger partial charge in [0.15, 0.2) is 0 Å². The Morgan fingerprint density at radius 2 is 1.79 bits per heavy atom. The minimum Gasteiger partial charge on any atom is -0.492 e. The average Bonchev–Trinajstić information content (AvgIpc) is 3.12. The third-order valence-electron chi connectivity index (χ3n) is 6.45. The molecular formula is C27H30N2O4. The molecule has 0 bridgehead atoms. The van der Waals surface area contributed by atoms with Crippen molar-refractivity contribution in [3.05, 3.63) is 77.9 Å². The lowest BCUT2D eigenvalue weighted by Gasteiger charge is -2.26. The molecule has 0 radical (unpaired) electrons. The molecular weight excluding hydrogens is 416 g/mol. The fraction of sp³-hybridized carbons (Fsp3) is 0.333. The standard InChI is InChI=1S/C27H30N2O4/c28-18-21-8-9-23-16-24(11-10-22(23)15-21)33-19-27(17-25(30)31)12-14-29(26(27)32)13-4-7-20-5-2-1-3-6-20/h1-3,5-6,8-11,15-16H,4,7,12-14,17-19,28H2,(H,30,31). The Balaban J connectivity index is 1.42. The van der Waals surface area contributed by atoms with Crippen molar-refractivity contribution in [2.75, 3.05) is 19.7 Å². The summed E-state index contributed by atoms with van der Waals surface area (Å²) in [5, 5.41) is 11.6. The molecule has 172 valence electrons. The number of rotatable bonds is 10. The summed E-state index contributed by atoms with van der Waals surface area (Å²) in [4.78, 5) is 26.7. The van der Waals surface area contributed by atoms with Crippen molar-refractivity contribution in [3.63, 3.8) is 0 Å². The number of carbonyl (C=O) groups excluding carboxylic acids is 1. The fourth-order valence-electron chi connectivity index (χ4n) is 4.57. The maximum absolute atomic E-state index is 13.3. The van der Waals surface area contributed by atoms with E-state index in [0.29, 0.717) is 31.8 Å². The summed E-state index contributed by atoms with van der Waals surface area (Å²) >= 11 is 0. The van der Waals surface area contributed by atoms with Crippen molar-refractivity contribution in [2.24, 2.45) is 11.1 Å². The molecule has 1 unspecified atom stereocenters. The van der Waals surface area contributed by atoms with Crippen LogP contribution in [0.1, 0.15) is 30.4 Å². The zero-order valence-corrected chi connectivity index (χ0v) is 18.7. The van der Waals surface area contributed by atoms with Gasteiger partial charge in [-0.05, 0) is 59.4 Å². The Morgan fingerprint density at radius 1 is 1.03 bits per heavy atom. The number of hydrogen-bond acceptors (Lipinski definition) is 4. The third-order valence-corrected chi connectivity index (χ3v) is 6.45. The van der Waals surface area contributed by atoms with Crippen molar-refractivity contribution in [2.45, 2.75) is 32.2 Å². The smallest absolute Gasteiger partial charge is 0.304 e. The quantitative estimate of drug-likeness (QED) is 0.491. The number of benzene rings is 3. The predicted octanol–water partition coefficient (Wildman–Crippen LogP) is 4.00. The van der Waals surface area contributed by atoms with E-state index in [0.717, 1.165) is 29.2 Å². The summed E-state index contributed by atoms with van der Waals surface area (Å²) in [6.07, 6.45) is 1.98. The maximum atomic E-state index is 13.3. The van der Waals surface area contributed by atoms with Gasteiger partial charge in [-0.1, -0.05) is 48.5 Å². The minimum atomic E-state index is -1.03. The highest BCUT2D eigenvalue weighted by Crippen LogP contribution is 2.37. The zero-order chi connectivity index (χ0) is 23.3. The number of ether oxygens (including phenoxy) is 1. The van der Waals surface area contributed by atoms with E-state index in [1.54, 1.807) is 4.90 Å². The first kappa shape index (κ1) is 22.8. The number of carboxylic acids is 1. The van der Waals surface area contributed by atoms with Gasteiger partial charge in [-0.15, -0.1) is 0 Å². The predicted molar refractivity (Wildman–Crippen MR) is 128 cm³/mol. The summed E-state index contributed by atoms with van der Waals surface area (Å²) in [7, 11) is 0. The molecule has 3 aromatic carbocycles. The molecule has 1 heterocycles. The van der Waals surface area contributed by atoms with E-state index in [-0.39, 0.29) is 18.9 Å². The van der Waals surface area contributed by atoms with Gasteiger partial charge >= 0.3 is 5.97 Å². The van der Waals surface area contributed by atoms with Crippen molar-refractivity contribution in [1.82, 2.24) is 4.90 Å². The molecule has 1 atom stereocenters. The number of nitrogens with zero attached hydrogens (tertiary/aromatic N) is 1. The van der Waals surface area contributed by atoms with Gasteiger partial charge < -0.3 is 20.5 Å². The van der Waals surface area contributed by atoms with Gasteiger partial charge in [0.2, 0.25) is 5.91 Å². The van der Waals surface area contributed by atoms with Crippen molar-refractivity contribution >= 4 is 22.6 Å². The summed E-state index contributed by atoms with van der Waals surface area (Å²) in [6.45, 7) is 1.72. The first-order chi connectivity index (χ1) is 16.0. The van der Waals surface area contributed by atoms with Gasteiger partial charge in [0.05, 0.1) is 11.8 Å². The molecule has 33 heavy (non-hydrogen) atoms. The van der Waals surface area contributed by atoms with Gasteiger partial charge in [-0.25, -0.2) is 0 Å². The number of likely N-dealkylation sites (tertiary alicyclic amines) is 1. The summed E-state index contributed by atoms with van der Waals surface area (Å²) < 4.78 is 6.02. The highest BCUT2D eigenvalue weighted by molar-refractivity contribution is 5.89. The lowest BCUT2D eigenvalue weighted by Crippen LogP contribution is -2.40. The maximum Gasteiger partial charge on any atom is 0.304 e. The SMILES string of the molecule is NCc1ccc2cc(OCC3(CC(=O)O)CCN(CCCc4ccccc4)C3=O)ccc2c1. The van der Waals surface area contributed by atoms with Gasteiger partial charge in [-0.2, -0.15) is 0 Å². The van der Waals surface area contributed by atoms with Crippen LogP contribution in [0.15, 0.2) is 66.7 Å². The Kier molecular flexibility index (Phi) is 6.94. The van der Waals surface area contributed by atoms with Crippen LogP contribution in [0.3, 0.4) is 0 Å². The molecule has 4 rings (SSSR count). The Bertz CT molecular complexity index is 1130. The topological polar surface area (TPSA) is 92.9 Å². The largest absolute Gasteiger partial charge is 0.492 e. The molecule has 1 aliphatic heterocycles. The number of carboxylic acid groups (broad SMARTS) is 1. The Hall–Kier alpha value is -3.38. The van der Waals surface area contributed by atoms with Crippen LogP contribution < -0.4 is 10.5 Å². The van der Waals surface area contributed by atoms with Crippen LogP contribution >= 0.6 is 0 Å². The molecule has 1 fully saturated rings. The minimum absolute atomic E-state index is 0.0553. The second-order valence-corrected chi connectivity index (χ2v) is 8.82. The van der Waals surface area contributed by atoms with E-state index in [9.17, 15) is 14.7 Å². The number of aliphatic carboxylic acids is 1. The molecule has 3 N–H and O–H groups in total. The number of aryl methyl sites for hydroxylation is 1. The van der Waals surface area contributed by atoms with E-state index >= 15 is 0 Å². The molecule has 0 aromatic heterocycles. The van der Waals surface area contributed by atoms with Crippen molar-refractivity contribution in [3.8, 4) is 5.75 Å². The molecule has 1 saturated heterocycles.